The van der Waals surface area contributed by atoms with Crippen molar-refractivity contribution in [2.75, 3.05) is 6.61 Å². The van der Waals surface area contributed by atoms with Gasteiger partial charge < -0.3 is 15.2 Å². The number of ether oxygens (including phenoxy) is 1. The Morgan fingerprint density at radius 2 is 2.12 bits per heavy atom. The lowest BCUT2D eigenvalue weighted by atomic mass is 9.54. The van der Waals surface area contributed by atoms with Gasteiger partial charge >= 0.3 is 5.97 Å². The molecule has 0 aliphatic heterocycles. The van der Waals surface area contributed by atoms with E-state index in [1.165, 1.54) is 12.1 Å². The molecular formula is C19H26FNO4. The van der Waals surface area contributed by atoms with E-state index >= 15 is 0 Å². The molecule has 1 fully saturated rings. The lowest BCUT2D eigenvalue weighted by molar-refractivity contribution is -0.195. The number of carbonyl (C=O) groups is 2. The predicted octanol–water partition coefficient (Wildman–Crippen LogP) is 2.78. The molecule has 1 aromatic carbocycles. The number of nitrogens with one attached hydrogen (secondary N) is 1. The summed E-state index contributed by atoms with van der Waals surface area (Å²) in [5, 5.41) is 12.5. The lowest BCUT2D eigenvalue weighted by Gasteiger charge is -2.58. The Balaban J connectivity index is 2.10. The average molecular weight is 351 g/mol. The first kappa shape index (κ1) is 19.4. The van der Waals surface area contributed by atoms with Crippen molar-refractivity contribution in [3.63, 3.8) is 0 Å². The zero-order valence-electron chi connectivity index (χ0n) is 15.1. The second-order valence-electron chi connectivity index (χ2n) is 7.30. The highest BCUT2D eigenvalue weighted by Crippen LogP contribution is 2.51. The maximum absolute atomic E-state index is 13.3. The highest BCUT2D eigenvalue weighted by atomic mass is 19.1. The number of aliphatic carboxylic acids is 1. The summed E-state index contributed by atoms with van der Waals surface area (Å²) in [4.78, 5) is 24.5. The van der Waals surface area contributed by atoms with E-state index in [2.05, 4.69) is 5.32 Å². The fourth-order valence-corrected chi connectivity index (χ4v) is 3.48. The van der Waals surface area contributed by atoms with Crippen LogP contribution >= 0.6 is 0 Å². The SMILES string of the molecule is CCOC1CC(NC(=O)C(C)Cc2cccc(F)c2)(C(=O)O)C1(C)C. The quantitative estimate of drug-likeness (QED) is 0.792. The van der Waals surface area contributed by atoms with Gasteiger partial charge in [0.15, 0.2) is 0 Å². The molecule has 0 aromatic heterocycles. The van der Waals surface area contributed by atoms with Gasteiger partial charge in [-0.1, -0.05) is 32.9 Å². The highest BCUT2D eigenvalue weighted by molar-refractivity contribution is 5.90. The lowest BCUT2D eigenvalue weighted by Crippen LogP contribution is -2.76. The van der Waals surface area contributed by atoms with Crippen molar-refractivity contribution in [3.05, 3.63) is 35.6 Å². The number of rotatable bonds is 7. The second-order valence-corrected chi connectivity index (χ2v) is 7.30. The van der Waals surface area contributed by atoms with E-state index in [-0.39, 0.29) is 24.2 Å². The van der Waals surface area contributed by atoms with Crippen molar-refractivity contribution in [2.24, 2.45) is 11.3 Å². The normalized spacial score (nSPS) is 25.7. The standard InChI is InChI=1S/C19H26FNO4/c1-5-25-15-11-19(17(23)24,18(15,3)4)21-16(22)12(2)9-13-7-6-8-14(20)10-13/h6-8,10,12,15H,5,9,11H2,1-4H3,(H,21,22)(H,23,24). The monoisotopic (exact) mass is 351 g/mol. The van der Waals surface area contributed by atoms with Crippen LogP contribution in [0.3, 0.4) is 0 Å². The van der Waals surface area contributed by atoms with E-state index in [0.717, 1.165) is 0 Å². The minimum absolute atomic E-state index is 0.215. The number of benzene rings is 1. The Bertz CT molecular complexity index is 661. The summed E-state index contributed by atoms with van der Waals surface area (Å²) in [5.41, 5.74) is -1.37. The zero-order valence-corrected chi connectivity index (χ0v) is 15.1. The summed E-state index contributed by atoms with van der Waals surface area (Å²) in [6.45, 7) is 7.65. The summed E-state index contributed by atoms with van der Waals surface area (Å²) in [6.07, 6.45) is 0.364. The van der Waals surface area contributed by atoms with Crippen LogP contribution in [0.15, 0.2) is 24.3 Å². The van der Waals surface area contributed by atoms with Gasteiger partial charge in [-0.3, -0.25) is 4.79 Å². The van der Waals surface area contributed by atoms with E-state index in [1.807, 2.05) is 6.92 Å². The molecule has 5 nitrogen and oxygen atoms in total. The topological polar surface area (TPSA) is 75.6 Å². The molecule has 1 aromatic rings. The first-order chi connectivity index (χ1) is 11.6. The molecule has 0 bridgehead atoms. The van der Waals surface area contributed by atoms with Crippen molar-refractivity contribution >= 4 is 11.9 Å². The third kappa shape index (κ3) is 3.54. The predicted molar refractivity (Wildman–Crippen MR) is 91.6 cm³/mol. The van der Waals surface area contributed by atoms with Crippen LogP contribution in [-0.2, 0) is 20.7 Å². The van der Waals surface area contributed by atoms with Crippen LogP contribution in [0.2, 0.25) is 0 Å². The van der Waals surface area contributed by atoms with Crippen molar-refractivity contribution < 1.29 is 23.8 Å². The van der Waals surface area contributed by atoms with Crippen LogP contribution in [0.1, 0.15) is 39.7 Å². The molecular weight excluding hydrogens is 325 g/mol. The third-order valence-corrected chi connectivity index (χ3v) is 5.34. The second kappa shape index (κ2) is 7.12. The molecule has 0 spiro atoms. The van der Waals surface area contributed by atoms with Gasteiger partial charge in [0, 0.05) is 24.4 Å². The van der Waals surface area contributed by atoms with Crippen LogP contribution in [-0.4, -0.2) is 35.2 Å². The first-order valence-corrected chi connectivity index (χ1v) is 8.55. The molecule has 0 radical (unpaired) electrons. The zero-order chi connectivity index (χ0) is 18.8. The van der Waals surface area contributed by atoms with Gasteiger partial charge in [0.05, 0.1) is 6.10 Å². The third-order valence-electron chi connectivity index (χ3n) is 5.34. The van der Waals surface area contributed by atoms with Gasteiger partial charge in [0.25, 0.3) is 0 Å². The summed E-state index contributed by atoms with van der Waals surface area (Å²) in [5.74, 6) is -2.23. The number of amides is 1. The van der Waals surface area contributed by atoms with Gasteiger partial charge in [0.2, 0.25) is 5.91 Å². The van der Waals surface area contributed by atoms with Crippen LogP contribution in [0, 0.1) is 17.2 Å². The minimum Gasteiger partial charge on any atom is -0.479 e. The summed E-state index contributed by atoms with van der Waals surface area (Å²) < 4.78 is 18.9. The Hall–Kier alpha value is -1.95. The van der Waals surface area contributed by atoms with Crippen molar-refractivity contribution in [1.82, 2.24) is 5.32 Å². The molecule has 0 heterocycles. The number of carbonyl (C=O) groups excluding carboxylic acids is 1. The Labute approximate surface area is 147 Å². The molecule has 2 rings (SSSR count). The van der Waals surface area contributed by atoms with E-state index in [4.69, 9.17) is 4.74 Å². The first-order valence-electron chi connectivity index (χ1n) is 8.55. The molecule has 3 unspecified atom stereocenters. The summed E-state index contributed by atoms with van der Waals surface area (Å²) in [6, 6.07) is 6.07. The average Bonchev–Trinajstić information content (AvgIpc) is 2.53. The van der Waals surface area contributed by atoms with Gasteiger partial charge in [-0.15, -0.1) is 0 Å². The smallest absolute Gasteiger partial charge is 0.330 e. The number of hydrogen-bond acceptors (Lipinski definition) is 3. The molecule has 3 atom stereocenters. The van der Waals surface area contributed by atoms with Crippen molar-refractivity contribution in [1.29, 1.82) is 0 Å². The van der Waals surface area contributed by atoms with Crippen LogP contribution < -0.4 is 5.32 Å². The van der Waals surface area contributed by atoms with Crippen molar-refractivity contribution in [3.8, 4) is 0 Å². The van der Waals surface area contributed by atoms with E-state index in [0.29, 0.717) is 18.6 Å². The molecule has 1 amide bonds. The number of hydrogen-bond donors (Lipinski definition) is 2. The Kier molecular flexibility index (Phi) is 5.52. The molecule has 138 valence electrons. The van der Waals surface area contributed by atoms with E-state index in [9.17, 15) is 19.1 Å². The molecule has 0 saturated heterocycles. The van der Waals surface area contributed by atoms with E-state index in [1.54, 1.807) is 32.9 Å². The Morgan fingerprint density at radius 1 is 1.44 bits per heavy atom. The van der Waals surface area contributed by atoms with Gasteiger partial charge in [-0.2, -0.15) is 0 Å². The molecule has 1 aliphatic carbocycles. The molecule has 1 saturated carbocycles. The maximum Gasteiger partial charge on any atom is 0.330 e. The summed E-state index contributed by atoms with van der Waals surface area (Å²) in [7, 11) is 0. The number of carboxylic acids is 1. The van der Waals surface area contributed by atoms with Crippen LogP contribution in [0.25, 0.3) is 0 Å². The molecule has 2 N–H and O–H groups in total. The fourth-order valence-electron chi connectivity index (χ4n) is 3.48. The van der Waals surface area contributed by atoms with Crippen molar-refractivity contribution in [2.45, 2.75) is 52.2 Å². The molecule has 25 heavy (non-hydrogen) atoms. The summed E-state index contributed by atoms with van der Waals surface area (Å²) >= 11 is 0. The molecule has 1 aliphatic rings. The van der Waals surface area contributed by atoms with Gasteiger partial charge in [-0.25, -0.2) is 9.18 Å². The highest BCUT2D eigenvalue weighted by Gasteiger charge is 2.66. The number of halogens is 1. The minimum atomic E-state index is -1.35. The van der Waals surface area contributed by atoms with Gasteiger partial charge in [-0.05, 0) is 31.0 Å². The fraction of sp³-hybridized carbons (Fsp3) is 0.579. The number of carboxylic acid groups (broad SMARTS) is 1. The van der Waals surface area contributed by atoms with Gasteiger partial charge in [0.1, 0.15) is 11.4 Å². The maximum atomic E-state index is 13.3. The largest absolute Gasteiger partial charge is 0.479 e. The Morgan fingerprint density at radius 3 is 2.64 bits per heavy atom. The van der Waals surface area contributed by atoms with E-state index < -0.39 is 22.8 Å². The van der Waals surface area contributed by atoms with Crippen LogP contribution in [0.4, 0.5) is 4.39 Å². The molecule has 6 heteroatoms. The van der Waals surface area contributed by atoms with Crippen LogP contribution in [0.5, 0.6) is 0 Å².